The maximum absolute atomic E-state index is 11.5. The van der Waals surface area contributed by atoms with Crippen LogP contribution in [0.3, 0.4) is 0 Å². The highest BCUT2D eigenvalue weighted by Gasteiger charge is 2.40. The van der Waals surface area contributed by atoms with Gasteiger partial charge in [0.2, 0.25) is 0 Å². The molecule has 0 unspecified atom stereocenters. The average Bonchev–Trinajstić information content (AvgIpc) is 2.15. The summed E-state index contributed by atoms with van der Waals surface area (Å²) >= 11 is 0. The largest absolute Gasteiger partial charge is 0.469 e. The normalized spacial score (nSPS) is 31.1. The van der Waals surface area contributed by atoms with Crippen LogP contribution in [0.1, 0.15) is 33.1 Å². The lowest BCUT2D eigenvalue weighted by molar-refractivity contribution is -0.151. The molecule has 0 amide bonds. The van der Waals surface area contributed by atoms with E-state index in [2.05, 4.69) is 19.2 Å². The van der Waals surface area contributed by atoms with Gasteiger partial charge in [-0.25, -0.2) is 0 Å². The highest BCUT2D eigenvalue weighted by Crippen LogP contribution is 2.41. The van der Waals surface area contributed by atoms with Crippen molar-refractivity contribution < 1.29 is 9.53 Å². The van der Waals surface area contributed by atoms with Crippen molar-refractivity contribution in [3.63, 3.8) is 0 Å². The van der Waals surface area contributed by atoms with Crippen LogP contribution in [0.25, 0.3) is 0 Å². The number of methoxy groups -OCH3 is 1. The van der Waals surface area contributed by atoms with Gasteiger partial charge in [-0.15, -0.1) is 0 Å². The van der Waals surface area contributed by atoms with Crippen LogP contribution in [0.2, 0.25) is 0 Å². The molecule has 1 N–H and O–H groups in total. The molecule has 82 valence electrons. The van der Waals surface area contributed by atoms with Crippen molar-refractivity contribution in [1.29, 1.82) is 0 Å². The molecule has 0 aliphatic heterocycles. The number of hydrogen-bond acceptors (Lipinski definition) is 3. The van der Waals surface area contributed by atoms with Crippen LogP contribution < -0.4 is 5.32 Å². The zero-order chi connectivity index (χ0) is 10.8. The van der Waals surface area contributed by atoms with Crippen molar-refractivity contribution in [1.82, 2.24) is 5.32 Å². The molecular weight excluding hydrogens is 178 g/mol. The molecule has 3 nitrogen and oxygen atoms in total. The van der Waals surface area contributed by atoms with E-state index in [9.17, 15) is 4.79 Å². The third kappa shape index (κ3) is 2.27. The van der Waals surface area contributed by atoms with E-state index in [0.717, 1.165) is 19.3 Å². The van der Waals surface area contributed by atoms with Crippen molar-refractivity contribution in [2.75, 3.05) is 14.2 Å². The number of nitrogens with one attached hydrogen (secondary N) is 1. The van der Waals surface area contributed by atoms with Crippen LogP contribution in [-0.4, -0.2) is 26.2 Å². The van der Waals surface area contributed by atoms with Crippen LogP contribution in [-0.2, 0) is 9.53 Å². The van der Waals surface area contributed by atoms with Crippen molar-refractivity contribution >= 4 is 5.97 Å². The topological polar surface area (TPSA) is 38.3 Å². The molecule has 0 saturated heterocycles. The summed E-state index contributed by atoms with van der Waals surface area (Å²) < 4.78 is 4.83. The Morgan fingerprint density at radius 3 is 2.50 bits per heavy atom. The van der Waals surface area contributed by atoms with Gasteiger partial charge in [-0.3, -0.25) is 4.79 Å². The van der Waals surface area contributed by atoms with E-state index in [0.29, 0.717) is 6.04 Å². The van der Waals surface area contributed by atoms with Gasteiger partial charge in [0.25, 0.3) is 0 Å². The third-order valence-electron chi connectivity index (χ3n) is 3.41. The van der Waals surface area contributed by atoms with E-state index in [4.69, 9.17) is 4.74 Å². The van der Waals surface area contributed by atoms with Gasteiger partial charge in [0.05, 0.1) is 13.0 Å². The number of carbonyl (C=O) groups excluding carboxylic acids is 1. The molecular formula is C11H21NO2. The lowest BCUT2D eigenvalue weighted by Crippen LogP contribution is -2.43. The second-order valence-corrected chi connectivity index (χ2v) is 4.83. The van der Waals surface area contributed by atoms with Gasteiger partial charge in [-0.05, 0) is 31.7 Å². The zero-order valence-electron chi connectivity index (χ0n) is 9.59. The lowest BCUT2D eigenvalue weighted by atomic mass is 9.67. The minimum atomic E-state index is -0.0513. The second-order valence-electron chi connectivity index (χ2n) is 4.83. The van der Waals surface area contributed by atoms with Crippen LogP contribution in [0.4, 0.5) is 0 Å². The molecule has 0 bridgehead atoms. The highest BCUT2D eigenvalue weighted by atomic mass is 16.5. The van der Waals surface area contributed by atoms with Gasteiger partial charge in [-0.2, -0.15) is 0 Å². The van der Waals surface area contributed by atoms with Gasteiger partial charge in [0.15, 0.2) is 0 Å². The van der Waals surface area contributed by atoms with E-state index < -0.39 is 0 Å². The molecule has 0 heterocycles. The Bertz CT molecular complexity index is 213. The molecule has 1 rings (SSSR count). The first-order valence-corrected chi connectivity index (χ1v) is 5.26. The Morgan fingerprint density at radius 2 is 2.07 bits per heavy atom. The van der Waals surface area contributed by atoms with Crippen molar-refractivity contribution in [2.45, 2.75) is 39.2 Å². The minimum Gasteiger partial charge on any atom is -0.469 e. The summed E-state index contributed by atoms with van der Waals surface area (Å²) in [4.78, 5) is 11.5. The molecule has 0 spiro atoms. The number of carbonyl (C=O) groups is 1. The molecule has 3 heteroatoms. The Balaban J connectivity index is 2.67. The van der Waals surface area contributed by atoms with Crippen LogP contribution >= 0.6 is 0 Å². The lowest BCUT2D eigenvalue weighted by Gasteiger charge is -2.40. The highest BCUT2D eigenvalue weighted by molar-refractivity contribution is 5.73. The monoisotopic (exact) mass is 199 g/mol. The summed E-state index contributed by atoms with van der Waals surface area (Å²) in [5, 5.41) is 3.28. The van der Waals surface area contributed by atoms with Crippen molar-refractivity contribution in [2.24, 2.45) is 11.3 Å². The molecule has 1 saturated carbocycles. The minimum absolute atomic E-state index is 0.0513. The van der Waals surface area contributed by atoms with E-state index in [-0.39, 0.29) is 17.3 Å². The van der Waals surface area contributed by atoms with Crippen molar-refractivity contribution in [3.8, 4) is 0 Å². The maximum Gasteiger partial charge on any atom is 0.309 e. The number of hydrogen-bond donors (Lipinski definition) is 1. The van der Waals surface area contributed by atoms with E-state index in [1.165, 1.54) is 7.11 Å². The Morgan fingerprint density at radius 1 is 1.43 bits per heavy atom. The van der Waals surface area contributed by atoms with Crippen LogP contribution in [0, 0.1) is 11.3 Å². The number of rotatable bonds is 2. The number of esters is 1. The molecule has 14 heavy (non-hydrogen) atoms. The van der Waals surface area contributed by atoms with E-state index in [1.807, 2.05) is 7.05 Å². The summed E-state index contributed by atoms with van der Waals surface area (Å²) in [6.45, 7) is 4.30. The Labute approximate surface area is 86.2 Å². The maximum atomic E-state index is 11.5. The first-order chi connectivity index (χ1) is 6.51. The van der Waals surface area contributed by atoms with Gasteiger partial charge in [0, 0.05) is 6.04 Å². The fourth-order valence-electron chi connectivity index (χ4n) is 2.46. The third-order valence-corrected chi connectivity index (χ3v) is 3.41. The fourth-order valence-corrected chi connectivity index (χ4v) is 2.46. The SMILES string of the molecule is CN[C@H]1CC[C@@H](C(=O)OC)C(C)(C)C1. The Kier molecular flexibility index (Phi) is 3.53. The first-order valence-electron chi connectivity index (χ1n) is 5.26. The average molecular weight is 199 g/mol. The summed E-state index contributed by atoms with van der Waals surface area (Å²) in [5.74, 6) is 0.0154. The summed E-state index contributed by atoms with van der Waals surface area (Å²) in [6, 6.07) is 0.547. The van der Waals surface area contributed by atoms with Gasteiger partial charge in [-0.1, -0.05) is 13.8 Å². The molecule has 0 aromatic heterocycles. The molecule has 0 radical (unpaired) electrons. The summed E-state index contributed by atoms with van der Waals surface area (Å²) in [6.07, 6.45) is 3.05. The molecule has 1 fully saturated rings. The zero-order valence-corrected chi connectivity index (χ0v) is 9.59. The number of ether oxygens (including phenoxy) is 1. The standard InChI is InChI=1S/C11H21NO2/c1-11(2)7-8(12-3)5-6-9(11)10(13)14-4/h8-9,12H,5-7H2,1-4H3/t8-,9-/m0/s1. The molecule has 0 aromatic carbocycles. The van der Waals surface area contributed by atoms with Crippen LogP contribution in [0.5, 0.6) is 0 Å². The Hall–Kier alpha value is -0.570. The summed E-state index contributed by atoms with van der Waals surface area (Å²) in [7, 11) is 3.46. The van der Waals surface area contributed by atoms with Gasteiger partial charge < -0.3 is 10.1 Å². The first kappa shape index (κ1) is 11.5. The fraction of sp³-hybridized carbons (Fsp3) is 0.909. The van der Waals surface area contributed by atoms with Gasteiger partial charge in [0.1, 0.15) is 0 Å². The quantitative estimate of drug-likeness (QED) is 0.686. The predicted molar refractivity (Wildman–Crippen MR) is 56.0 cm³/mol. The van der Waals surface area contributed by atoms with Crippen molar-refractivity contribution in [3.05, 3.63) is 0 Å². The van der Waals surface area contributed by atoms with E-state index in [1.54, 1.807) is 0 Å². The van der Waals surface area contributed by atoms with Gasteiger partial charge >= 0.3 is 5.97 Å². The smallest absolute Gasteiger partial charge is 0.309 e. The van der Waals surface area contributed by atoms with E-state index >= 15 is 0 Å². The second kappa shape index (κ2) is 4.30. The van der Waals surface area contributed by atoms with Crippen LogP contribution in [0.15, 0.2) is 0 Å². The molecule has 1 aliphatic carbocycles. The molecule has 1 aliphatic rings. The molecule has 2 atom stereocenters. The summed E-state index contributed by atoms with van der Waals surface area (Å²) in [5.41, 5.74) is 0.0546. The predicted octanol–water partition coefficient (Wildman–Crippen LogP) is 1.57. The molecule has 0 aromatic rings.